The molecular formula is Cl4Sn2+4. The normalized spacial score (nSPS) is 10.0. The van der Waals surface area contributed by atoms with Gasteiger partial charge >= 0.3 is 73.5 Å². The zero-order valence-electron chi connectivity index (χ0n) is 2.51. The van der Waals surface area contributed by atoms with Crippen molar-refractivity contribution in [3.05, 3.63) is 0 Å². The van der Waals surface area contributed by atoms with Crippen molar-refractivity contribution in [1.82, 2.24) is 0 Å². The Balaban J connectivity index is 0. The number of rotatable bonds is 0. The van der Waals surface area contributed by atoms with Crippen molar-refractivity contribution in [2.45, 2.75) is 0 Å². The summed E-state index contributed by atoms with van der Waals surface area (Å²) in [7, 11) is 20.1. The first kappa shape index (κ1) is 11.5. The predicted molar refractivity (Wildman–Crippen MR) is 34.9 cm³/mol. The molecule has 0 aliphatic rings. The van der Waals surface area contributed by atoms with Crippen molar-refractivity contribution in [2.75, 3.05) is 0 Å². The monoisotopic (exact) mass is 380 g/mol. The van der Waals surface area contributed by atoms with Crippen molar-refractivity contribution in [3.8, 4) is 0 Å². The first-order valence-corrected chi connectivity index (χ1v) is 15.2. The van der Waals surface area contributed by atoms with E-state index in [1.807, 2.05) is 0 Å². The molecule has 0 saturated carbocycles. The summed E-state index contributed by atoms with van der Waals surface area (Å²) in [6, 6.07) is 0. The van der Waals surface area contributed by atoms with E-state index in [-0.39, 0.29) is 23.9 Å². The van der Waals surface area contributed by atoms with Gasteiger partial charge in [0.25, 0.3) is 0 Å². The van der Waals surface area contributed by atoms with Gasteiger partial charge in [-0.1, -0.05) is 0 Å². The number of hydrogen-bond donors (Lipinski definition) is 0. The minimum atomic E-state index is -3.29. The third-order valence-corrected chi connectivity index (χ3v) is 0. The summed E-state index contributed by atoms with van der Waals surface area (Å²) in [6.45, 7) is 0. The van der Waals surface area contributed by atoms with Crippen LogP contribution in [-0.4, -0.2) is 37.8 Å². The molecule has 6 heteroatoms. The van der Waals surface area contributed by atoms with E-state index in [0.29, 0.717) is 0 Å². The Morgan fingerprint density at radius 3 is 0.833 bits per heavy atom. The fourth-order valence-electron chi connectivity index (χ4n) is 0. The average molecular weight is 379 g/mol. The molecule has 0 rings (SSSR count). The summed E-state index contributed by atoms with van der Waals surface area (Å²) >= 11 is -3.29. The fourth-order valence-corrected chi connectivity index (χ4v) is 0. The Morgan fingerprint density at radius 2 is 0.833 bits per heavy atom. The van der Waals surface area contributed by atoms with Crippen LogP contribution in [0.1, 0.15) is 0 Å². The first-order valence-electron chi connectivity index (χ1n) is 0.756. The molecule has 0 amide bonds. The molecule has 0 heterocycles. The van der Waals surface area contributed by atoms with Gasteiger partial charge in [0.2, 0.25) is 0 Å². The molecule has 0 bridgehead atoms. The quantitative estimate of drug-likeness (QED) is 0.565. The van der Waals surface area contributed by atoms with Crippen LogP contribution in [0.4, 0.5) is 0 Å². The van der Waals surface area contributed by atoms with Crippen LogP contribution < -0.4 is 0 Å². The molecule has 0 fully saturated rings. The summed E-state index contributed by atoms with van der Waals surface area (Å²) in [5.74, 6) is 0. The van der Waals surface area contributed by atoms with E-state index in [2.05, 4.69) is 0 Å². The molecule has 0 unspecified atom stereocenters. The summed E-state index contributed by atoms with van der Waals surface area (Å²) < 4.78 is 0. The molecule has 0 N–H and O–H groups in total. The average Bonchev–Trinajstić information content (AvgIpc) is 0.722. The SMILES string of the molecule is [Cl][Sn]([Cl])([Cl])[Cl].[Sn+4]. The van der Waals surface area contributed by atoms with Gasteiger partial charge in [0.05, 0.1) is 0 Å². The van der Waals surface area contributed by atoms with Gasteiger partial charge in [-0.05, 0) is 0 Å². The van der Waals surface area contributed by atoms with Gasteiger partial charge in [0.1, 0.15) is 0 Å². The Morgan fingerprint density at radius 1 is 0.833 bits per heavy atom. The third-order valence-electron chi connectivity index (χ3n) is 0. The molecule has 0 aromatic carbocycles. The Kier molecular flexibility index (Phi) is 8.88. The summed E-state index contributed by atoms with van der Waals surface area (Å²) in [5, 5.41) is 0. The summed E-state index contributed by atoms with van der Waals surface area (Å²) in [5.41, 5.74) is 0. The molecule has 0 saturated heterocycles. The second-order valence-corrected chi connectivity index (χ2v) is 25.9. The molecule has 32 valence electrons. The van der Waals surface area contributed by atoms with E-state index in [1.54, 1.807) is 0 Å². The Bertz CT molecular complexity index is 21.0. The van der Waals surface area contributed by atoms with Crippen molar-refractivity contribution < 1.29 is 0 Å². The van der Waals surface area contributed by atoms with Gasteiger partial charge in [-0.3, -0.25) is 0 Å². The van der Waals surface area contributed by atoms with Crippen molar-refractivity contribution >= 4 is 73.5 Å². The van der Waals surface area contributed by atoms with Gasteiger partial charge in [-0.2, -0.15) is 0 Å². The molecule has 0 aromatic heterocycles. The Labute approximate surface area is 72.2 Å². The molecule has 0 spiro atoms. The van der Waals surface area contributed by atoms with Crippen molar-refractivity contribution in [2.24, 2.45) is 0 Å². The predicted octanol–water partition coefficient (Wildman–Crippen LogP) is 2.00. The molecule has 0 aliphatic carbocycles. The van der Waals surface area contributed by atoms with E-state index in [9.17, 15) is 0 Å². The van der Waals surface area contributed by atoms with Gasteiger partial charge in [-0.25, -0.2) is 0 Å². The first-order chi connectivity index (χ1) is 2.00. The van der Waals surface area contributed by atoms with Gasteiger partial charge in [0.15, 0.2) is 0 Å². The van der Waals surface area contributed by atoms with Crippen LogP contribution >= 0.6 is 35.7 Å². The molecule has 0 nitrogen and oxygen atoms in total. The number of halogens is 4. The van der Waals surface area contributed by atoms with Crippen LogP contribution in [-0.2, 0) is 0 Å². The van der Waals surface area contributed by atoms with Crippen LogP contribution in [0.15, 0.2) is 0 Å². The van der Waals surface area contributed by atoms with Gasteiger partial charge in [-0.15, -0.1) is 0 Å². The second kappa shape index (κ2) is 4.62. The van der Waals surface area contributed by atoms with E-state index in [0.717, 1.165) is 0 Å². The van der Waals surface area contributed by atoms with Gasteiger partial charge in [0, 0.05) is 0 Å². The van der Waals surface area contributed by atoms with E-state index >= 15 is 0 Å². The molecule has 0 aromatic rings. The molecule has 0 radical (unpaired) electrons. The van der Waals surface area contributed by atoms with Crippen LogP contribution in [0, 0.1) is 0 Å². The molecule has 0 atom stereocenters. The van der Waals surface area contributed by atoms with Crippen LogP contribution in [0.25, 0.3) is 0 Å². The topological polar surface area (TPSA) is 0 Å². The largest absolute Gasteiger partial charge is 4.00 e. The maximum absolute atomic E-state index is 5.04. The van der Waals surface area contributed by atoms with Crippen molar-refractivity contribution in [3.63, 3.8) is 0 Å². The standard InChI is InChI=1S/4ClH.2Sn/h4*1H;;/q;;;;2*+4/p-4. The molecule has 0 aliphatic heterocycles. The van der Waals surface area contributed by atoms with E-state index < -0.39 is 13.9 Å². The zero-order valence-corrected chi connectivity index (χ0v) is 11.2. The molecule has 6 heavy (non-hydrogen) atoms. The third kappa shape index (κ3) is 29.5. The molecular weight excluding hydrogens is 379 g/mol. The van der Waals surface area contributed by atoms with E-state index in [1.165, 1.54) is 0 Å². The van der Waals surface area contributed by atoms with Gasteiger partial charge < -0.3 is 0 Å². The second-order valence-electron chi connectivity index (χ2n) is 0.429. The fraction of sp³-hybridized carbons (Fsp3) is 0. The minimum Gasteiger partial charge on any atom is 4.00 e. The summed E-state index contributed by atoms with van der Waals surface area (Å²) in [6.07, 6.45) is 0. The van der Waals surface area contributed by atoms with Crippen LogP contribution in [0.5, 0.6) is 0 Å². The smallest absolute Gasteiger partial charge is 4.00 e. The summed E-state index contributed by atoms with van der Waals surface area (Å²) in [4.78, 5) is 0. The Hall–Kier alpha value is 2.76. The minimum absolute atomic E-state index is 0. The maximum atomic E-state index is 5.04. The van der Waals surface area contributed by atoms with Crippen LogP contribution in [0.2, 0.25) is 0 Å². The number of hydrogen-bond acceptors (Lipinski definition) is 0. The maximum Gasteiger partial charge on any atom is 4.00 e. The van der Waals surface area contributed by atoms with Crippen molar-refractivity contribution in [1.29, 1.82) is 0 Å². The van der Waals surface area contributed by atoms with Crippen LogP contribution in [0.3, 0.4) is 0 Å². The zero-order chi connectivity index (χ0) is 4.50. The van der Waals surface area contributed by atoms with E-state index in [4.69, 9.17) is 35.7 Å².